The zero-order chi connectivity index (χ0) is 13.8. The second-order valence-corrected chi connectivity index (χ2v) is 4.63. The van der Waals surface area contributed by atoms with Crippen LogP contribution in [0.25, 0.3) is 0 Å². The second kappa shape index (κ2) is 5.82. The van der Waals surface area contributed by atoms with Gasteiger partial charge in [-0.2, -0.15) is 5.10 Å². The van der Waals surface area contributed by atoms with E-state index in [1.165, 1.54) is 5.56 Å². The molecule has 0 aromatic carbocycles. The third kappa shape index (κ3) is 3.30. The van der Waals surface area contributed by atoms with Crippen molar-refractivity contribution in [2.24, 2.45) is 7.05 Å². The molecule has 0 saturated carbocycles. The molecule has 2 heterocycles. The van der Waals surface area contributed by atoms with Crippen LogP contribution >= 0.6 is 0 Å². The van der Waals surface area contributed by atoms with Gasteiger partial charge in [0, 0.05) is 37.1 Å². The van der Waals surface area contributed by atoms with E-state index in [1.54, 1.807) is 0 Å². The summed E-state index contributed by atoms with van der Waals surface area (Å²) in [7, 11) is 1.95. The molecule has 0 fully saturated rings. The number of anilines is 1. The van der Waals surface area contributed by atoms with Gasteiger partial charge < -0.3 is 5.32 Å². The van der Waals surface area contributed by atoms with E-state index in [0.717, 1.165) is 42.4 Å². The first-order chi connectivity index (χ1) is 9.12. The highest BCUT2D eigenvalue weighted by Gasteiger charge is 2.06. The molecule has 2 aromatic heterocycles. The van der Waals surface area contributed by atoms with Crippen molar-refractivity contribution in [2.45, 2.75) is 40.2 Å². The van der Waals surface area contributed by atoms with Crippen molar-refractivity contribution < 1.29 is 0 Å². The first kappa shape index (κ1) is 13.5. The van der Waals surface area contributed by atoms with Gasteiger partial charge >= 0.3 is 0 Å². The molecule has 2 rings (SSSR count). The van der Waals surface area contributed by atoms with Gasteiger partial charge in [-0.15, -0.1) is 0 Å². The van der Waals surface area contributed by atoms with E-state index < -0.39 is 0 Å². The van der Waals surface area contributed by atoms with Crippen LogP contribution in [0.15, 0.2) is 12.3 Å². The van der Waals surface area contributed by atoms with Crippen molar-refractivity contribution in [1.29, 1.82) is 0 Å². The summed E-state index contributed by atoms with van der Waals surface area (Å²) in [4.78, 5) is 8.79. The van der Waals surface area contributed by atoms with Crippen LogP contribution in [0.1, 0.15) is 36.6 Å². The van der Waals surface area contributed by atoms with E-state index >= 15 is 0 Å². The zero-order valence-corrected chi connectivity index (χ0v) is 12.1. The number of hydrogen-bond donors (Lipinski definition) is 1. The highest BCUT2D eigenvalue weighted by molar-refractivity contribution is 5.37. The maximum atomic E-state index is 4.44. The van der Waals surface area contributed by atoms with Gasteiger partial charge in [0.2, 0.25) is 0 Å². The first-order valence-electron chi connectivity index (χ1n) is 6.72. The minimum atomic E-state index is 0.747. The standard InChI is InChI=1S/C14H21N5/c1-5-12-7-14(17-10(3)16-12)15-8-11-9-19(4)18-13(11)6-2/h7,9H,5-6,8H2,1-4H3,(H,15,16,17). The quantitative estimate of drug-likeness (QED) is 0.895. The lowest BCUT2D eigenvalue weighted by Crippen LogP contribution is -2.05. The number of rotatable bonds is 5. The van der Waals surface area contributed by atoms with E-state index in [9.17, 15) is 0 Å². The summed E-state index contributed by atoms with van der Waals surface area (Å²) in [5.74, 6) is 1.69. The maximum Gasteiger partial charge on any atom is 0.130 e. The van der Waals surface area contributed by atoms with Crippen LogP contribution in [0.3, 0.4) is 0 Å². The molecular formula is C14H21N5. The number of nitrogens with one attached hydrogen (secondary N) is 1. The van der Waals surface area contributed by atoms with Gasteiger partial charge in [-0.1, -0.05) is 13.8 Å². The average Bonchev–Trinajstić information content (AvgIpc) is 2.76. The fraction of sp³-hybridized carbons (Fsp3) is 0.500. The Balaban J connectivity index is 2.11. The Labute approximate surface area is 114 Å². The fourth-order valence-corrected chi connectivity index (χ4v) is 2.12. The number of aryl methyl sites for hydroxylation is 4. The summed E-state index contributed by atoms with van der Waals surface area (Å²) in [6.07, 6.45) is 3.92. The Morgan fingerprint density at radius 2 is 2.00 bits per heavy atom. The summed E-state index contributed by atoms with van der Waals surface area (Å²) >= 11 is 0. The summed E-state index contributed by atoms with van der Waals surface area (Å²) < 4.78 is 1.86. The zero-order valence-electron chi connectivity index (χ0n) is 12.1. The minimum absolute atomic E-state index is 0.747. The topological polar surface area (TPSA) is 55.6 Å². The molecule has 0 radical (unpaired) electrons. The molecule has 0 unspecified atom stereocenters. The van der Waals surface area contributed by atoms with Crippen LogP contribution in [-0.2, 0) is 26.4 Å². The van der Waals surface area contributed by atoms with E-state index in [2.05, 4.69) is 40.4 Å². The average molecular weight is 259 g/mol. The van der Waals surface area contributed by atoms with E-state index in [4.69, 9.17) is 0 Å². The van der Waals surface area contributed by atoms with E-state index in [-0.39, 0.29) is 0 Å². The third-order valence-electron chi connectivity index (χ3n) is 3.04. The van der Waals surface area contributed by atoms with Gasteiger partial charge in [0.05, 0.1) is 5.69 Å². The van der Waals surface area contributed by atoms with Crippen molar-refractivity contribution in [3.8, 4) is 0 Å². The van der Waals surface area contributed by atoms with Crippen LogP contribution in [0.4, 0.5) is 5.82 Å². The van der Waals surface area contributed by atoms with E-state index in [1.807, 2.05) is 24.7 Å². The van der Waals surface area contributed by atoms with Crippen molar-refractivity contribution in [3.63, 3.8) is 0 Å². The molecule has 0 atom stereocenters. The lowest BCUT2D eigenvalue weighted by atomic mass is 10.2. The molecule has 0 aliphatic rings. The molecule has 0 saturated heterocycles. The smallest absolute Gasteiger partial charge is 0.130 e. The fourth-order valence-electron chi connectivity index (χ4n) is 2.12. The minimum Gasteiger partial charge on any atom is -0.366 e. The van der Waals surface area contributed by atoms with Gasteiger partial charge in [0.25, 0.3) is 0 Å². The molecule has 0 aliphatic heterocycles. The molecular weight excluding hydrogens is 238 g/mol. The third-order valence-corrected chi connectivity index (χ3v) is 3.04. The van der Waals surface area contributed by atoms with Crippen LogP contribution in [0, 0.1) is 6.92 Å². The normalized spacial score (nSPS) is 10.7. The van der Waals surface area contributed by atoms with E-state index in [0.29, 0.717) is 0 Å². The Kier molecular flexibility index (Phi) is 4.14. The van der Waals surface area contributed by atoms with Crippen LogP contribution in [0.2, 0.25) is 0 Å². The van der Waals surface area contributed by atoms with Crippen LogP contribution in [0.5, 0.6) is 0 Å². The molecule has 2 aromatic rings. The largest absolute Gasteiger partial charge is 0.366 e. The Morgan fingerprint density at radius 3 is 2.68 bits per heavy atom. The maximum absolute atomic E-state index is 4.44. The summed E-state index contributed by atoms with van der Waals surface area (Å²) in [6.45, 7) is 6.89. The van der Waals surface area contributed by atoms with Gasteiger partial charge in [-0.3, -0.25) is 4.68 Å². The predicted octanol–water partition coefficient (Wildman–Crippen LogP) is 2.26. The SMILES string of the molecule is CCc1cc(NCc2cn(C)nc2CC)nc(C)n1. The monoisotopic (exact) mass is 259 g/mol. The molecule has 5 heteroatoms. The molecule has 0 bridgehead atoms. The van der Waals surface area contributed by atoms with Crippen molar-refractivity contribution in [3.05, 3.63) is 35.0 Å². The van der Waals surface area contributed by atoms with Gasteiger partial charge in [0.15, 0.2) is 0 Å². The lowest BCUT2D eigenvalue weighted by Gasteiger charge is -2.07. The molecule has 0 spiro atoms. The summed E-state index contributed by atoms with van der Waals surface area (Å²) in [5, 5.41) is 7.80. The number of hydrogen-bond acceptors (Lipinski definition) is 4. The molecule has 1 N–H and O–H groups in total. The predicted molar refractivity (Wildman–Crippen MR) is 76.1 cm³/mol. The van der Waals surface area contributed by atoms with Crippen molar-refractivity contribution >= 4 is 5.82 Å². The highest BCUT2D eigenvalue weighted by Crippen LogP contribution is 2.12. The highest BCUT2D eigenvalue weighted by atomic mass is 15.3. The number of aromatic nitrogens is 4. The van der Waals surface area contributed by atoms with Crippen LogP contribution < -0.4 is 5.32 Å². The number of nitrogens with zero attached hydrogens (tertiary/aromatic N) is 4. The summed E-state index contributed by atoms with van der Waals surface area (Å²) in [6, 6.07) is 2.01. The molecule has 19 heavy (non-hydrogen) atoms. The molecule has 0 amide bonds. The van der Waals surface area contributed by atoms with Gasteiger partial charge in [-0.05, 0) is 19.8 Å². The van der Waals surface area contributed by atoms with Crippen LogP contribution in [-0.4, -0.2) is 19.7 Å². The Morgan fingerprint density at radius 1 is 1.21 bits per heavy atom. The lowest BCUT2D eigenvalue weighted by molar-refractivity contribution is 0.746. The Hall–Kier alpha value is -1.91. The molecule has 5 nitrogen and oxygen atoms in total. The van der Waals surface area contributed by atoms with Gasteiger partial charge in [0.1, 0.15) is 11.6 Å². The summed E-state index contributed by atoms with van der Waals surface area (Å²) in [5.41, 5.74) is 3.42. The van der Waals surface area contributed by atoms with Crippen molar-refractivity contribution in [2.75, 3.05) is 5.32 Å². The second-order valence-electron chi connectivity index (χ2n) is 4.63. The molecule has 102 valence electrons. The first-order valence-corrected chi connectivity index (χ1v) is 6.72. The Bertz CT molecular complexity index is 559. The van der Waals surface area contributed by atoms with Gasteiger partial charge in [-0.25, -0.2) is 9.97 Å². The van der Waals surface area contributed by atoms with Crippen molar-refractivity contribution in [1.82, 2.24) is 19.7 Å². The molecule has 0 aliphatic carbocycles.